The summed E-state index contributed by atoms with van der Waals surface area (Å²) in [5.41, 5.74) is 17.5. The van der Waals surface area contributed by atoms with E-state index in [-0.39, 0.29) is 24.8 Å². The van der Waals surface area contributed by atoms with Crippen molar-refractivity contribution in [1.29, 1.82) is 0 Å². The van der Waals surface area contributed by atoms with Gasteiger partial charge in [-0.05, 0) is 47.2 Å². The summed E-state index contributed by atoms with van der Waals surface area (Å²) in [5.74, 6) is 0. The molecule has 12 nitrogen and oxygen atoms in total. The molecule has 11 N–H and O–H groups in total. The molecule has 194 valence electrons. The minimum absolute atomic E-state index is 0.0620. The Labute approximate surface area is 195 Å². The maximum atomic E-state index is 11.1. The molecule has 13 atom stereocenters. The van der Waals surface area contributed by atoms with Gasteiger partial charge in [0.15, 0.2) is 12.6 Å². The number of ether oxygens (including phenoxy) is 4. The van der Waals surface area contributed by atoms with Gasteiger partial charge in [-0.2, -0.15) is 0 Å². The van der Waals surface area contributed by atoms with Gasteiger partial charge in [0.1, 0.15) is 30.0 Å². The Hall–Kier alpha value is -0.480. The van der Waals surface area contributed by atoms with E-state index in [1.54, 1.807) is 14.0 Å². The molecule has 0 aromatic heterocycles. The summed E-state index contributed by atoms with van der Waals surface area (Å²) in [6.45, 7) is 3.52. The molecule has 2 aliphatic heterocycles. The normalized spacial score (nSPS) is 50.2. The van der Waals surface area contributed by atoms with Gasteiger partial charge < -0.3 is 62.1 Å². The first-order valence-electron chi connectivity index (χ1n) is 11.8. The van der Waals surface area contributed by atoms with Crippen molar-refractivity contribution in [3.05, 3.63) is 0 Å². The predicted octanol–water partition coefficient (Wildman–Crippen LogP) is -3.33. The van der Waals surface area contributed by atoms with Crippen molar-refractivity contribution < 1.29 is 34.3 Å². The van der Waals surface area contributed by atoms with Gasteiger partial charge in [-0.1, -0.05) is 0 Å². The number of aliphatic hydroxyl groups excluding tert-OH is 2. The molecule has 0 aromatic rings. The summed E-state index contributed by atoms with van der Waals surface area (Å²) < 4.78 is 23.7. The Kier molecular flexibility index (Phi) is 9.09. The van der Waals surface area contributed by atoms with Crippen LogP contribution in [0.2, 0.25) is 0 Å². The molecule has 33 heavy (non-hydrogen) atoms. The van der Waals surface area contributed by atoms with Crippen LogP contribution in [0.1, 0.15) is 33.1 Å². The number of nitrogens with two attached hydrogens (primary N) is 3. The van der Waals surface area contributed by atoms with Gasteiger partial charge in [0.2, 0.25) is 0 Å². The molecule has 0 bridgehead atoms. The average Bonchev–Trinajstić information content (AvgIpc) is 2.76. The van der Waals surface area contributed by atoms with E-state index in [1.807, 2.05) is 14.0 Å². The Bertz CT molecular complexity index is 632. The quantitative estimate of drug-likeness (QED) is 0.182. The smallest absolute Gasteiger partial charge is 0.185 e. The second kappa shape index (κ2) is 11.1. The molecule has 2 saturated heterocycles. The molecule has 12 heteroatoms. The number of nitrogens with one attached hydrogen (secondary N) is 2. The summed E-state index contributed by atoms with van der Waals surface area (Å²) in [6.07, 6.45) is -4.22. The molecule has 0 amide bonds. The Morgan fingerprint density at radius 2 is 1.58 bits per heavy atom. The molecule has 0 aromatic carbocycles. The molecule has 1 aliphatic carbocycles. The number of hydrogen-bond donors (Lipinski definition) is 8. The highest BCUT2D eigenvalue weighted by Crippen LogP contribution is 2.31. The number of aliphatic hydroxyl groups is 3. The molecular weight excluding hydrogens is 434 g/mol. The molecule has 2 heterocycles. The summed E-state index contributed by atoms with van der Waals surface area (Å²) >= 11 is 0. The van der Waals surface area contributed by atoms with E-state index < -0.39 is 60.7 Å². The van der Waals surface area contributed by atoms with Crippen LogP contribution in [0.4, 0.5) is 0 Å². The molecule has 3 aliphatic rings. The minimum Gasteiger partial charge on any atom is -0.388 e. The first-order chi connectivity index (χ1) is 15.5. The van der Waals surface area contributed by atoms with Crippen LogP contribution in [0.15, 0.2) is 0 Å². The van der Waals surface area contributed by atoms with E-state index in [1.165, 1.54) is 0 Å². The lowest BCUT2D eigenvalue weighted by Gasteiger charge is -2.48. The number of hydrogen-bond acceptors (Lipinski definition) is 12. The molecule has 1 saturated carbocycles. The van der Waals surface area contributed by atoms with Crippen molar-refractivity contribution in [2.45, 2.75) is 112 Å². The van der Waals surface area contributed by atoms with Gasteiger partial charge in [0.05, 0.1) is 24.8 Å². The van der Waals surface area contributed by atoms with Crippen molar-refractivity contribution in [3.8, 4) is 0 Å². The lowest BCUT2D eigenvalue weighted by molar-refractivity contribution is -0.307. The van der Waals surface area contributed by atoms with E-state index in [0.717, 1.165) is 6.42 Å². The molecule has 3 fully saturated rings. The largest absolute Gasteiger partial charge is 0.388 e. The van der Waals surface area contributed by atoms with Gasteiger partial charge in [-0.3, -0.25) is 0 Å². The maximum Gasteiger partial charge on any atom is 0.185 e. The first kappa shape index (κ1) is 27.1. The maximum absolute atomic E-state index is 11.1. The summed E-state index contributed by atoms with van der Waals surface area (Å²) in [5, 5.41) is 38.3. The molecule has 3 rings (SSSR count). The minimum atomic E-state index is -1.29. The van der Waals surface area contributed by atoms with Crippen LogP contribution in [-0.2, 0) is 18.9 Å². The second-order valence-corrected chi connectivity index (χ2v) is 9.91. The fourth-order valence-corrected chi connectivity index (χ4v) is 5.04. The number of rotatable bonds is 7. The van der Waals surface area contributed by atoms with Crippen LogP contribution >= 0.6 is 0 Å². The van der Waals surface area contributed by atoms with Crippen LogP contribution in [0.25, 0.3) is 0 Å². The van der Waals surface area contributed by atoms with Crippen LogP contribution < -0.4 is 27.8 Å². The Morgan fingerprint density at radius 3 is 2.15 bits per heavy atom. The molecular formula is C21H43N5O7. The fourth-order valence-electron chi connectivity index (χ4n) is 5.04. The lowest BCUT2D eigenvalue weighted by atomic mass is 9.84. The monoisotopic (exact) mass is 477 g/mol. The van der Waals surface area contributed by atoms with Crippen molar-refractivity contribution in [1.82, 2.24) is 10.6 Å². The van der Waals surface area contributed by atoms with Crippen LogP contribution in [0.3, 0.4) is 0 Å². The average molecular weight is 478 g/mol. The molecule has 0 spiro atoms. The Balaban J connectivity index is 1.68. The van der Waals surface area contributed by atoms with Crippen molar-refractivity contribution in [2.24, 2.45) is 17.2 Å². The van der Waals surface area contributed by atoms with E-state index in [2.05, 4.69) is 10.6 Å². The van der Waals surface area contributed by atoms with Crippen molar-refractivity contribution in [2.75, 3.05) is 20.7 Å². The zero-order valence-electron chi connectivity index (χ0n) is 20.0. The van der Waals surface area contributed by atoms with Gasteiger partial charge in [0, 0.05) is 18.1 Å². The van der Waals surface area contributed by atoms with E-state index in [0.29, 0.717) is 12.8 Å². The lowest BCUT2D eigenvalue weighted by Crippen LogP contribution is -2.68. The predicted molar refractivity (Wildman–Crippen MR) is 120 cm³/mol. The van der Waals surface area contributed by atoms with Gasteiger partial charge in [-0.25, -0.2) is 0 Å². The van der Waals surface area contributed by atoms with Gasteiger partial charge in [-0.15, -0.1) is 0 Å². The molecule has 0 radical (unpaired) electrons. The second-order valence-electron chi connectivity index (χ2n) is 9.91. The van der Waals surface area contributed by atoms with E-state index in [4.69, 9.17) is 36.1 Å². The zero-order chi connectivity index (χ0) is 24.5. The standard InChI is InChI=1S/C21H43N5O7/c1-9(25-3)13-6-5-10(22)19(31-13)32-16-11(23)7-12(24)17(14(16)27)33-20-15(28)18(26-4)21(2,29)8-30-20/h9-20,25-29H,5-8,22-24H2,1-4H3/t9-,10-,11+,12-,13+,14+,15-,16-,17+,18-,19-,20+,21+/m1/s1. The van der Waals surface area contributed by atoms with Crippen molar-refractivity contribution >= 4 is 0 Å². The van der Waals surface area contributed by atoms with Gasteiger partial charge >= 0.3 is 0 Å². The first-order valence-corrected chi connectivity index (χ1v) is 11.8. The van der Waals surface area contributed by atoms with E-state index >= 15 is 0 Å². The molecule has 0 unspecified atom stereocenters. The highest BCUT2D eigenvalue weighted by atomic mass is 16.7. The van der Waals surface area contributed by atoms with E-state index in [9.17, 15) is 15.3 Å². The third kappa shape index (κ3) is 5.85. The van der Waals surface area contributed by atoms with Crippen LogP contribution in [-0.4, -0.2) is 115 Å². The van der Waals surface area contributed by atoms with Gasteiger partial charge in [0.25, 0.3) is 0 Å². The summed E-state index contributed by atoms with van der Waals surface area (Å²) in [4.78, 5) is 0. The highest BCUT2D eigenvalue weighted by molar-refractivity contribution is 5.02. The summed E-state index contributed by atoms with van der Waals surface area (Å²) in [6, 6.07) is -2.11. The Morgan fingerprint density at radius 1 is 0.970 bits per heavy atom. The fraction of sp³-hybridized carbons (Fsp3) is 1.00. The summed E-state index contributed by atoms with van der Waals surface area (Å²) in [7, 11) is 3.49. The third-order valence-corrected chi connectivity index (χ3v) is 7.24. The van der Waals surface area contributed by atoms with Crippen LogP contribution in [0, 0.1) is 0 Å². The zero-order valence-corrected chi connectivity index (χ0v) is 20.0. The third-order valence-electron chi connectivity index (χ3n) is 7.24. The number of likely N-dealkylation sites (N-methyl/N-ethyl adjacent to an activating group) is 2. The van der Waals surface area contributed by atoms with Crippen LogP contribution in [0.5, 0.6) is 0 Å². The topological polar surface area (TPSA) is 200 Å². The SMILES string of the molecule is CN[C@@H]1[C@@H](O)[C@H](O[C@@H]2[C@@H](O)[C@H](O[C@H]3O[C@H]([C@@H](C)NC)CC[C@H]3N)[C@@H](N)C[C@H]2N)OC[C@]1(C)O. The highest BCUT2D eigenvalue weighted by Gasteiger charge is 2.50. The van der Waals surface area contributed by atoms with Crippen molar-refractivity contribution in [3.63, 3.8) is 0 Å².